The van der Waals surface area contributed by atoms with Crippen LogP contribution in [0, 0.1) is 6.92 Å². The summed E-state index contributed by atoms with van der Waals surface area (Å²) in [6.07, 6.45) is 16.7. The highest BCUT2D eigenvalue weighted by Crippen LogP contribution is 2.46. The molecule has 4 nitrogen and oxygen atoms in total. The van der Waals surface area contributed by atoms with Crippen molar-refractivity contribution in [1.29, 1.82) is 0 Å². The van der Waals surface area contributed by atoms with Crippen LogP contribution in [0.15, 0.2) is 79.1 Å². The van der Waals surface area contributed by atoms with E-state index in [1.165, 1.54) is 115 Å². The largest absolute Gasteiger partial charge is 0.295 e. The minimum Gasteiger partial charge on any atom is -0.237 e. The van der Waals surface area contributed by atoms with E-state index in [1.54, 1.807) is 0 Å². The summed E-state index contributed by atoms with van der Waals surface area (Å²) < 4.78 is 5.06. The van der Waals surface area contributed by atoms with E-state index in [9.17, 15) is 0 Å². The van der Waals surface area contributed by atoms with Crippen molar-refractivity contribution in [2.75, 3.05) is 0 Å². The number of aromatic nitrogens is 4. The van der Waals surface area contributed by atoms with Crippen molar-refractivity contribution >= 4 is 11.0 Å². The molecule has 3 aromatic carbocycles. The molecule has 4 heteroatoms. The van der Waals surface area contributed by atoms with E-state index in [-0.39, 0.29) is 0 Å². The maximum absolute atomic E-state index is 4.73. The van der Waals surface area contributed by atoms with E-state index < -0.39 is 0 Å². The van der Waals surface area contributed by atoms with Crippen molar-refractivity contribution in [1.82, 2.24) is 14.5 Å². The van der Waals surface area contributed by atoms with E-state index >= 15 is 0 Å². The molecule has 0 saturated heterocycles. The van der Waals surface area contributed by atoms with Crippen molar-refractivity contribution in [2.45, 2.75) is 83.0 Å². The lowest BCUT2D eigenvalue weighted by molar-refractivity contribution is -0.633. The van der Waals surface area contributed by atoms with E-state index in [0.717, 1.165) is 5.82 Å². The van der Waals surface area contributed by atoms with Crippen molar-refractivity contribution < 1.29 is 4.57 Å². The first-order valence-corrected chi connectivity index (χ1v) is 15.7. The number of aryl methyl sites for hydroxylation is 2. The van der Waals surface area contributed by atoms with Crippen LogP contribution in [0.4, 0.5) is 0 Å². The number of fused-ring (bicyclic) bond motifs is 1. The summed E-state index contributed by atoms with van der Waals surface area (Å²) in [4.78, 5) is 9.47. The normalized spacial score (nSPS) is 16.8. The Labute approximate surface area is 244 Å². The van der Waals surface area contributed by atoms with Gasteiger partial charge in [0.15, 0.2) is 16.9 Å². The Morgan fingerprint density at radius 1 is 0.707 bits per heavy atom. The Morgan fingerprint density at radius 2 is 1.29 bits per heavy atom. The number of benzene rings is 3. The van der Waals surface area contributed by atoms with Gasteiger partial charge in [-0.05, 0) is 86.4 Å². The van der Waals surface area contributed by atoms with E-state index in [0.29, 0.717) is 11.8 Å². The molecule has 0 atom stereocenters. The van der Waals surface area contributed by atoms with Crippen LogP contribution in [0.3, 0.4) is 0 Å². The van der Waals surface area contributed by atoms with Gasteiger partial charge in [0.1, 0.15) is 5.69 Å². The second-order valence-electron chi connectivity index (χ2n) is 12.3. The first-order chi connectivity index (χ1) is 20.2. The fourth-order valence-corrected chi connectivity index (χ4v) is 7.63. The van der Waals surface area contributed by atoms with Crippen LogP contribution in [0.25, 0.3) is 39.5 Å². The van der Waals surface area contributed by atoms with Crippen molar-refractivity contribution in [3.8, 4) is 28.5 Å². The van der Waals surface area contributed by atoms with Gasteiger partial charge < -0.3 is 0 Å². The molecule has 2 heterocycles. The lowest BCUT2D eigenvalue weighted by Crippen LogP contribution is -2.30. The first-order valence-electron chi connectivity index (χ1n) is 15.7. The van der Waals surface area contributed by atoms with Crippen molar-refractivity contribution in [2.24, 2.45) is 7.05 Å². The summed E-state index contributed by atoms with van der Waals surface area (Å²) in [6, 6.07) is 24.7. The molecule has 0 N–H and O–H groups in total. The zero-order valence-electron chi connectivity index (χ0n) is 24.5. The zero-order chi connectivity index (χ0) is 27.8. The molecule has 2 aromatic heterocycles. The molecule has 0 amide bonds. The summed E-state index contributed by atoms with van der Waals surface area (Å²) in [5.74, 6) is 3.19. The molecule has 5 aromatic rings. The highest BCUT2D eigenvalue weighted by atomic mass is 15.2. The standard InChI is InChI=1S/C37H41N4/c1-26-14-9-10-19-30(26)37-40(2)33-20-11-12-21-34(33)41(37)35-31(27-15-5-3-6-16-27)24-29(36-38-22-13-23-39-36)25-32(35)28-17-7-4-8-18-28/h9-14,19-25,27-28H,3-8,15-18H2,1-2H3/q+1. The molecular formula is C37H41N4+. The highest BCUT2D eigenvalue weighted by molar-refractivity contribution is 5.81. The number of hydrogen-bond acceptors (Lipinski definition) is 2. The maximum atomic E-state index is 4.73. The Balaban J connectivity index is 1.60. The third kappa shape index (κ3) is 4.77. The fraction of sp³-hybridized carbons (Fsp3) is 0.378. The Hall–Kier alpha value is -3.79. The molecule has 2 aliphatic rings. The summed E-state index contributed by atoms with van der Waals surface area (Å²) in [5.41, 5.74) is 10.7. The van der Waals surface area contributed by atoms with E-state index in [1.807, 2.05) is 18.5 Å². The zero-order valence-corrected chi connectivity index (χ0v) is 24.5. The molecular weight excluding hydrogens is 500 g/mol. The van der Waals surface area contributed by atoms with Crippen LogP contribution in [0.5, 0.6) is 0 Å². The molecule has 2 aliphatic carbocycles. The number of imidazole rings is 1. The van der Waals surface area contributed by atoms with Crippen LogP contribution in [-0.2, 0) is 7.05 Å². The SMILES string of the molecule is Cc1ccccc1-c1n(-c2c(C3CCCCC3)cc(-c3ncccn3)cc2C2CCCCC2)c2ccccc2[n+]1C. The molecule has 2 saturated carbocycles. The van der Waals surface area contributed by atoms with Crippen LogP contribution in [0.2, 0.25) is 0 Å². The van der Waals surface area contributed by atoms with Gasteiger partial charge in [0.25, 0.3) is 5.82 Å². The lowest BCUT2D eigenvalue weighted by Gasteiger charge is -2.29. The molecule has 0 spiro atoms. The quantitative estimate of drug-likeness (QED) is 0.208. The van der Waals surface area contributed by atoms with Gasteiger partial charge in [-0.15, -0.1) is 0 Å². The minimum absolute atomic E-state index is 0.543. The number of para-hydroxylation sites is 2. The second kappa shape index (κ2) is 11.2. The van der Waals surface area contributed by atoms with Gasteiger partial charge in [-0.3, -0.25) is 0 Å². The Bertz CT molecular complexity index is 1630. The molecule has 41 heavy (non-hydrogen) atoms. The van der Waals surface area contributed by atoms with Gasteiger partial charge in [0.2, 0.25) is 0 Å². The highest BCUT2D eigenvalue weighted by Gasteiger charge is 2.35. The minimum atomic E-state index is 0.543. The molecule has 208 valence electrons. The van der Waals surface area contributed by atoms with Crippen molar-refractivity contribution in [3.63, 3.8) is 0 Å². The van der Waals surface area contributed by atoms with Crippen molar-refractivity contribution in [3.05, 3.63) is 95.8 Å². The predicted molar refractivity (Wildman–Crippen MR) is 167 cm³/mol. The molecule has 2 fully saturated rings. The number of nitrogens with zero attached hydrogens (tertiary/aromatic N) is 4. The second-order valence-corrected chi connectivity index (χ2v) is 12.3. The lowest BCUT2D eigenvalue weighted by atomic mass is 9.77. The van der Waals surface area contributed by atoms with Crippen LogP contribution in [-0.4, -0.2) is 14.5 Å². The van der Waals surface area contributed by atoms with E-state index in [4.69, 9.17) is 9.97 Å². The number of hydrogen-bond donors (Lipinski definition) is 0. The molecule has 0 unspecified atom stereocenters. The van der Waals surface area contributed by atoms with Gasteiger partial charge in [-0.2, -0.15) is 4.57 Å². The average Bonchev–Trinajstić information content (AvgIpc) is 3.33. The summed E-state index contributed by atoms with van der Waals surface area (Å²) in [6.45, 7) is 2.25. The maximum Gasteiger partial charge on any atom is 0.295 e. The average molecular weight is 542 g/mol. The van der Waals surface area contributed by atoms with Crippen LogP contribution < -0.4 is 4.57 Å². The third-order valence-corrected chi connectivity index (χ3v) is 9.71. The molecule has 0 bridgehead atoms. The van der Waals surface area contributed by atoms with Crippen LogP contribution in [0.1, 0.15) is 92.7 Å². The van der Waals surface area contributed by atoms with Gasteiger partial charge >= 0.3 is 0 Å². The predicted octanol–water partition coefficient (Wildman–Crippen LogP) is 8.98. The van der Waals surface area contributed by atoms with Gasteiger partial charge in [-0.25, -0.2) is 14.5 Å². The fourth-order valence-electron chi connectivity index (χ4n) is 7.63. The summed E-state index contributed by atoms with van der Waals surface area (Å²) in [7, 11) is 2.24. The summed E-state index contributed by atoms with van der Waals surface area (Å²) in [5, 5.41) is 0. The van der Waals surface area contributed by atoms with Gasteiger partial charge in [0, 0.05) is 29.1 Å². The Kier molecular flexibility index (Phi) is 7.16. The van der Waals surface area contributed by atoms with Gasteiger partial charge in [-0.1, -0.05) is 68.9 Å². The summed E-state index contributed by atoms with van der Waals surface area (Å²) >= 11 is 0. The topological polar surface area (TPSA) is 34.6 Å². The van der Waals surface area contributed by atoms with Gasteiger partial charge in [0.05, 0.1) is 12.6 Å². The number of rotatable bonds is 5. The van der Waals surface area contributed by atoms with Crippen LogP contribution >= 0.6 is 0 Å². The Morgan fingerprint density at radius 3 is 1.93 bits per heavy atom. The first kappa shape index (κ1) is 26.1. The smallest absolute Gasteiger partial charge is 0.237 e. The monoisotopic (exact) mass is 541 g/mol. The molecule has 0 aliphatic heterocycles. The van der Waals surface area contributed by atoms with E-state index in [2.05, 4.69) is 83.8 Å². The third-order valence-electron chi connectivity index (χ3n) is 9.71. The molecule has 0 radical (unpaired) electrons. The molecule has 7 rings (SSSR count).